The molecule has 57 heavy (non-hydrogen) atoms. The molecule has 6 unspecified atom stereocenters. The van der Waals surface area contributed by atoms with Gasteiger partial charge in [-0.15, -0.1) is 6.58 Å². The van der Waals surface area contributed by atoms with E-state index in [1.807, 2.05) is 26.0 Å². The van der Waals surface area contributed by atoms with Gasteiger partial charge in [0.15, 0.2) is 5.78 Å². The Hall–Kier alpha value is -3.20. The van der Waals surface area contributed by atoms with Gasteiger partial charge in [0.1, 0.15) is 24.0 Å². The van der Waals surface area contributed by atoms with Crippen molar-refractivity contribution in [1.29, 1.82) is 0 Å². The number of nitrogens with zero attached hydrogens (tertiary/aromatic N) is 1. The number of carbonyl (C=O) groups is 4. The number of cyclic esters (lactones) is 1. The lowest BCUT2D eigenvalue weighted by Crippen LogP contribution is -2.64. The number of esters is 1. The van der Waals surface area contributed by atoms with Crippen molar-refractivity contribution < 1.29 is 58.2 Å². The third-order valence-electron chi connectivity index (χ3n) is 12.5. The summed E-state index contributed by atoms with van der Waals surface area (Å²) in [6.45, 7) is 13.0. The van der Waals surface area contributed by atoms with Crippen LogP contribution in [-0.4, -0.2) is 120 Å². The highest BCUT2D eigenvalue weighted by atomic mass is 16.7. The maximum Gasteiger partial charge on any atom is 0.329 e. The molecule has 3 heterocycles. The first-order chi connectivity index (χ1) is 27.0. The Kier molecular flexibility index (Phi) is 16.9. The Labute approximate surface area is 338 Å². The molecular weight excluding hydrogens is 734 g/mol. The molecule has 0 aromatic heterocycles. The highest BCUT2D eigenvalue weighted by molar-refractivity contribution is 6.39. The molecule has 3 fully saturated rings. The first-order valence-electron chi connectivity index (χ1n) is 20.6. The van der Waals surface area contributed by atoms with Crippen molar-refractivity contribution in [3.63, 3.8) is 0 Å². The van der Waals surface area contributed by atoms with Crippen molar-refractivity contribution in [2.45, 2.75) is 147 Å². The summed E-state index contributed by atoms with van der Waals surface area (Å²) in [4.78, 5) is 57.7. The lowest BCUT2D eigenvalue weighted by Gasteiger charge is -2.47. The van der Waals surface area contributed by atoms with E-state index in [0.29, 0.717) is 56.9 Å². The highest BCUT2D eigenvalue weighted by Gasteiger charge is 2.56. The Morgan fingerprint density at radius 2 is 1.65 bits per heavy atom. The summed E-state index contributed by atoms with van der Waals surface area (Å²) >= 11 is 0. The molecule has 0 spiro atoms. The predicted octanol–water partition coefficient (Wildman–Crippen LogP) is 5.33. The quantitative estimate of drug-likeness (QED) is 0.172. The molecule has 2 saturated heterocycles. The second kappa shape index (κ2) is 20.7. The van der Waals surface area contributed by atoms with Crippen molar-refractivity contribution >= 4 is 23.4 Å². The normalized spacial score (nSPS) is 40.5. The summed E-state index contributed by atoms with van der Waals surface area (Å²) in [5, 5.41) is 34.0. The lowest BCUT2D eigenvalue weighted by atomic mass is 9.82. The van der Waals surface area contributed by atoms with E-state index in [4.69, 9.17) is 23.7 Å². The molecule has 13 nitrogen and oxygen atoms in total. The topological polar surface area (TPSA) is 178 Å². The molecule has 2 bridgehead atoms. The summed E-state index contributed by atoms with van der Waals surface area (Å²) < 4.78 is 29.7. The number of fused-ring (bicyclic) bond motifs is 3. The molecular formula is C44H67NO12. The molecule has 1 aliphatic carbocycles. The number of aliphatic hydroxyl groups is 3. The monoisotopic (exact) mass is 801 g/mol. The molecule has 320 valence electrons. The maximum atomic E-state index is 14.3. The number of ketones is 2. The number of hydrogen-bond donors (Lipinski definition) is 3. The fourth-order valence-electron chi connectivity index (χ4n) is 9.17. The number of ether oxygens (including phenoxy) is 5. The number of hydrogen-bond acceptors (Lipinski definition) is 12. The number of amides is 1. The minimum atomic E-state index is -2.52. The summed E-state index contributed by atoms with van der Waals surface area (Å²) in [5.41, 5.74) is 1.54. The standard InChI is InChI=1S/C44H67NO12/c1-10-13-31-19-25(2)18-26(3)20-37(54-8)40-38(55-9)22-28(5)44(52,57-40)41(49)42(50)45-17-12-11-14-32(45)43(51)56-39(29(6)34(47)24-35(31)48)27(4)21-30-15-16-33(46)36(23-30)53-7/h10,19,21,24,26,28-33,36-40,46-47,52H,1,11-18,20,22-23H2,2-9H3/b25-19+,27-21+,34-24-/t26?,28-,29?,30+,31-,32+,33?,36-,37?,38+,39?,40?,44-/m1/s1. The van der Waals surface area contributed by atoms with Crippen molar-refractivity contribution in [2.24, 2.45) is 29.6 Å². The van der Waals surface area contributed by atoms with Gasteiger partial charge in [-0.05, 0) is 95.5 Å². The summed E-state index contributed by atoms with van der Waals surface area (Å²) in [5.74, 6) is -8.51. The van der Waals surface area contributed by atoms with Crippen LogP contribution < -0.4 is 0 Å². The average molecular weight is 802 g/mol. The Balaban J connectivity index is 1.81. The summed E-state index contributed by atoms with van der Waals surface area (Å²) in [6, 6.07) is -1.16. The van der Waals surface area contributed by atoms with Crippen molar-refractivity contribution in [3.05, 3.63) is 47.8 Å². The van der Waals surface area contributed by atoms with Crippen LogP contribution in [0, 0.1) is 29.6 Å². The zero-order valence-electron chi connectivity index (χ0n) is 35.2. The number of methoxy groups -OCH3 is 3. The highest BCUT2D eigenvalue weighted by Crippen LogP contribution is 2.39. The van der Waals surface area contributed by atoms with Gasteiger partial charge in [0.2, 0.25) is 5.79 Å². The largest absolute Gasteiger partial charge is 0.512 e. The van der Waals surface area contributed by atoms with Gasteiger partial charge in [0.05, 0.1) is 30.3 Å². The minimum absolute atomic E-state index is 0.00553. The number of carbonyl (C=O) groups excluding carboxylic acids is 4. The van der Waals surface area contributed by atoms with Gasteiger partial charge in [-0.3, -0.25) is 14.4 Å². The van der Waals surface area contributed by atoms with E-state index >= 15 is 0 Å². The fraction of sp³-hybridized carbons (Fsp3) is 0.727. The maximum absolute atomic E-state index is 14.3. The van der Waals surface area contributed by atoms with Crippen LogP contribution in [0.1, 0.15) is 98.8 Å². The molecule has 4 aliphatic rings. The number of Topliss-reactive ketones (excluding diaryl/α,β-unsaturated/α-hetero) is 1. The number of piperidine rings is 1. The van der Waals surface area contributed by atoms with Crippen LogP contribution >= 0.6 is 0 Å². The van der Waals surface area contributed by atoms with Crippen LogP contribution in [-0.2, 0) is 42.9 Å². The number of aliphatic hydroxyl groups excluding tert-OH is 2. The Morgan fingerprint density at radius 1 is 0.982 bits per heavy atom. The third kappa shape index (κ3) is 11.1. The van der Waals surface area contributed by atoms with Crippen molar-refractivity contribution in [3.8, 4) is 0 Å². The average Bonchev–Trinajstić information content (AvgIpc) is 3.18. The number of allylic oxidation sites excluding steroid dienone is 5. The van der Waals surface area contributed by atoms with Gasteiger partial charge >= 0.3 is 5.97 Å². The molecule has 3 aliphatic heterocycles. The van der Waals surface area contributed by atoms with Gasteiger partial charge in [-0.1, -0.05) is 44.6 Å². The van der Waals surface area contributed by atoms with Crippen molar-refractivity contribution in [2.75, 3.05) is 27.9 Å². The molecule has 13 heteroatoms. The van der Waals surface area contributed by atoms with E-state index in [9.17, 15) is 34.5 Å². The van der Waals surface area contributed by atoms with E-state index in [2.05, 4.69) is 6.58 Å². The van der Waals surface area contributed by atoms with E-state index in [1.165, 1.54) is 20.3 Å². The van der Waals surface area contributed by atoms with Gasteiger partial charge in [-0.2, -0.15) is 0 Å². The Morgan fingerprint density at radius 3 is 2.30 bits per heavy atom. The first-order valence-corrected chi connectivity index (χ1v) is 20.6. The smallest absolute Gasteiger partial charge is 0.329 e. The van der Waals surface area contributed by atoms with Gasteiger partial charge in [0, 0.05) is 45.8 Å². The van der Waals surface area contributed by atoms with E-state index in [1.54, 1.807) is 34.0 Å². The Bertz CT molecular complexity index is 1540. The van der Waals surface area contributed by atoms with Crippen LogP contribution in [0.5, 0.6) is 0 Å². The van der Waals surface area contributed by atoms with Gasteiger partial charge in [-0.25, -0.2) is 4.79 Å². The van der Waals surface area contributed by atoms with Crippen LogP contribution in [0.4, 0.5) is 0 Å². The predicted molar refractivity (Wildman–Crippen MR) is 213 cm³/mol. The summed E-state index contributed by atoms with van der Waals surface area (Å²) in [6.07, 6.45) is 7.14. The van der Waals surface area contributed by atoms with Crippen LogP contribution in [0.15, 0.2) is 47.8 Å². The first kappa shape index (κ1) is 46.5. The van der Waals surface area contributed by atoms with Gasteiger partial charge < -0.3 is 43.9 Å². The summed E-state index contributed by atoms with van der Waals surface area (Å²) in [7, 11) is 4.59. The van der Waals surface area contributed by atoms with Gasteiger partial charge in [0.25, 0.3) is 11.7 Å². The number of rotatable bonds is 7. The molecule has 13 atom stereocenters. The molecule has 0 aromatic rings. The van der Waals surface area contributed by atoms with Crippen molar-refractivity contribution in [1.82, 2.24) is 4.90 Å². The molecule has 0 radical (unpaired) electrons. The third-order valence-corrected chi connectivity index (χ3v) is 12.5. The minimum Gasteiger partial charge on any atom is -0.512 e. The van der Waals surface area contributed by atoms with Crippen LogP contribution in [0.3, 0.4) is 0 Å². The molecule has 4 rings (SSSR count). The van der Waals surface area contributed by atoms with E-state index in [0.717, 1.165) is 10.5 Å². The van der Waals surface area contributed by atoms with Crippen LogP contribution in [0.25, 0.3) is 0 Å². The van der Waals surface area contributed by atoms with Crippen LogP contribution in [0.2, 0.25) is 0 Å². The lowest BCUT2D eigenvalue weighted by molar-refractivity contribution is -0.302. The van der Waals surface area contributed by atoms with E-state index < -0.39 is 77.8 Å². The second-order valence-corrected chi connectivity index (χ2v) is 16.9. The molecule has 1 amide bonds. The second-order valence-electron chi connectivity index (χ2n) is 16.9. The zero-order valence-corrected chi connectivity index (χ0v) is 35.2. The molecule has 0 aromatic carbocycles. The molecule has 3 N–H and O–H groups in total. The zero-order chi connectivity index (χ0) is 42.2. The van der Waals surface area contributed by atoms with E-state index in [-0.39, 0.29) is 48.9 Å². The SMILES string of the molecule is C=CC[C@@H]1/C=C(\C)CC(C)CC(OC)C2O[C@@](O)(C(=O)C(=O)N3CCCC[C@H]3C(=O)OC(/C(C)=C/[C@@H]3CCC(O)[C@H](OC)C3)C(C)/C(O)=C/C1=O)[C@H](C)C[C@@H]2OC. The fourth-order valence-corrected chi connectivity index (χ4v) is 9.17. The molecule has 1 saturated carbocycles.